The number of nitrogens with one attached hydrogen (secondary N) is 1. The number of aromatic nitrogens is 2. The molecule has 0 amide bonds. The highest BCUT2D eigenvalue weighted by atomic mass is 35.5. The maximum Gasteiger partial charge on any atom is 0.227 e. The summed E-state index contributed by atoms with van der Waals surface area (Å²) in [5.74, 6) is 2.73. The molecule has 2 aromatic rings. The first kappa shape index (κ1) is 17.7. The SMILES string of the molecule is COc1cccc(COCc2noc(CC3CCNC3)n2)c1.Cl. The molecule has 1 N–H and O–H groups in total. The van der Waals surface area contributed by atoms with Gasteiger partial charge in [-0.3, -0.25) is 0 Å². The van der Waals surface area contributed by atoms with Crippen LogP contribution in [0.4, 0.5) is 0 Å². The Morgan fingerprint density at radius 2 is 2.26 bits per heavy atom. The largest absolute Gasteiger partial charge is 0.497 e. The van der Waals surface area contributed by atoms with E-state index in [4.69, 9.17) is 14.0 Å². The topological polar surface area (TPSA) is 69.4 Å². The van der Waals surface area contributed by atoms with Crippen molar-refractivity contribution in [1.82, 2.24) is 15.5 Å². The zero-order valence-corrected chi connectivity index (χ0v) is 14.0. The fourth-order valence-electron chi connectivity index (χ4n) is 2.59. The molecule has 0 spiro atoms. The second-order valence-electron chi connectivity index (χ2n) is 5.51. The number of rotatable bonds is 7. The lowest BCUT2D eigenvalue weighted by Gasteiger charge is -2.04. The fraction of sp³-hybridized carbons (Fsp3) is 0.500. The van der Waals surface area contributed by atoms with E-state index in [0.717, 1.165) is 30.8 Å². The molecule has 1 aromatic carbocycles. The first-order valence-corrected chi connectivity index (χ1v) is 7.56. The molecule has 1 aliphatic rings. The Bertz CT molecular complexity index is 600. The lowest BCUT2D eigenvalue weighted by atomic mass is 10.1. The molecule has 6 nitrogen and oxygen atoms in total. The third-order valence-electron chi connectivity index (χ3n) is 3.77. The minimum atomic E-state index is 0. The average molecular weight is 340 g/mol. The molecule has 0 bridgehead atoms. The van der Waals surface area contributed by atoms with Crippen molar-refractivity contribution >= 4 is 12.4 Å². The highest BCUT2D eigenvalue weighted by Crippen LogP contribution is 2.15. The Kier molecular flexibility index (Phi) is 6.83. The summed E-state index contributed by atoms with van der Waals surface area (Å²) < 4.78 is 16.1. The maximum absolute atomic E-state index is 5.64. The van der Waals surface area contributed by atoms with E-state index in [1.54, 1.807) is 7.11 Å². The predicted octanol–water partition coefficient (Wildman–Crippen LogP) is 2.37. The van der Waals surface area contributed by atoms with Gasteiger partial charge in [-0.1, -0.05) is 17.3 Å². The summed E-state index contributed by atoms with van der Waals surface area (Å²) in [5, 5.41) is 7.30. The summed E-state index contributed by atoms with van der Waals surface area (Å²) in [6.45, 7) is 2.95. The van der Waals surface area contributed by atoms with E-state index < -0.39 is 0 Å². The smallest absolute Gasteiger partial charge is 0.227 e. The van der Waals surface area contributed by atoms with Gasteiger partial charge in [0.05, 0.1) is 13.7 Å². The Labute approximate surface area is 142 Å². The summed E-state index contributed by atoms with van der Waals surface area (Å²) >= 11 is 0. The molecule has 1 unspecified atom stereocenters. The summed E-state index contributed by atoms with van der Waals surface area (Å²) in [4.78, 5) is 4.38. The van der Waals surface area contributed by atoms with Gasteiger partial charge in [-0.15, -0.1) is 12.4 Å². The number of ether oxygens (including phenoxy) is 2. The van der Waals surface area contributed by atoms with Gasteiger partial charge in [0.1, 0.15) is 12.4 Å². The molecule has 7 heteroatoms. The first-order valence-electron chi connectivity index (χ1n) is 7.56. The molecule has 2 heterocycles. The Balaban J connectivity index is 0.00000192. The van der Waals surface area contributed by atoms with E-state index in [1.807, 2.05) is 24.3 Å². The molecule has 3 rings (SSSR count). The van der Waals surface area contributed by atoms with Gasteiger partial charge >= 0.3 is 0 Å². The number of halogens is 1. The van der Waals surface area contributed by atoms with Gasteiger partial charge in [-0.2, -0.15) is 4.98 Å². The van der Waals surface area contributed by atoms with Crippen LogP contribution in [0.25, 0.3) is 0 Å². The van der Waals surface area contributed by atoms with Crippen molar-refractivity contribution < 1.29 is 14.0 Å². The summed E-state index contributed by atoms with van der Waals surface area (Å²) in [7, 11) is 1.65. The second kappa shape index (κ2) is 8.86. The molecule has 1 atom stereocenters. The molecular weight excluding hydrogens is 318 g/mol. The van der Waals surface area contributed by atoms with Crippen LogP contribution in [-0.2, 0) is 24.4 Å². The molecule has 1 aromatic heterocycles. The molecule has 23 heavy (non-hydrogen) atoms. The van der Waals surface area contributed by atoms with Gasteiger partial charge in [0.2, 0.25) is 5.89 Å². The number of methoxy groups -OCH3 is 1. The van der Waals surface area contributed by atoms with Crippen LogP contribution in [0.1, 0.15) is 23.7 Å². The van der Waals surface area contributed by atoms with E-state index in [2.05, 4.69) is 15.5 Å². The first-order chi connectivity index (χ1) is 10.8. The number of nitrogens with zero attached hydrogens (tertiary/aromatic N) is 2. The molecule has 126 valence electrons. The lowest BCUT2D eigenvalue weighted by molar-refractivity contribution is 0.0998. The summed E-state index contributed by atoms with van der Waals surface area (Å²) in [6.07, 6.45) is 2.01. The molecule has 0 radical (unpaired) electrons. The van der Waals surface area contributed by atoms with Crippen molar-refractivity contribution in [2.75, 3.05) is 20.2 Å². The minimum absolute atomic E-state index is 0. The molecule has 0 aliphatic carbocycles. The van der Waals surface area contributed by atoms with Crippen LogP contribution >= 0.6 is 12.4 Å². The van der Waals surface area contributed by atoms with E-state index in [9.17, 15) is 0 Å². The van der Waals surface area contributed by atoms with E-state index >= 15 is 0 Å². The van der Waals surface area contributed by atoms with Crippen molar-refractivity contribution in [3.8, 4) is 5.75 Å². The Morgan fingerprint density at radius 3 is 3.04 bits per heavy atom. The second-order valence-corrected chi connectivity index (χ2v) is 5.51. The van der Waals surface area contributed by atoms with Crippen LogP contribution in [0.3, 0.4) is 0 Å². The van der Waals surface area contributed by atoms with Crippen LogP contribution in [-0.4, -0.2) is 30.3 Å². The van der Waals surface area contributed by atoms with Crippen molar-refractivity contribution in [2.45, 2.75) is 26.1 Å². The van der Waals surface area contributed by atoms with Crippen LogP contribution in [0.15, 0.2) is 28.8 Å². The van der Waals surface area contributed by atoms with Gasteiger partial charge < -0.3 is 19.3 Å². The van der Waals surface area contributed by atoms with Gasteiger partial charge in [0, 0.05) is 6.42 Å². The summed E-state index contributed by atoms with van der Waals surface area (Å²) in [6, 6.07) is 7.80. The Morgan fingerprint density at radius 1 is 1.35 bits per heavy atom. The van der Waals surface area contributed by atoms with Crippen LogP contribution < -0.4 is 10.1 Å². The van der Waals surface area contributed by atoms with Crippen molar-refractivity contribution in [3.63, 3.8) is 0 Å². The predicted molar refractivity (Wildman–Crippen MR) is 87.7 cm³/mol. The van der Waals surface area contributed by atoms with Gasteiger partial charge in [-0.05, 0) is 43.1 Å². The quantitative estimate of drug-likeness (QED) is 0.835. The van der Waals surface area contributed by atoms with E-state index in [1.165, 1.54) is 6.42 Å². The van der Waals surface area contributed by atoms with E-state index in [0.29, 0.717) is 30.8 Å². The van der Waals surface area contributed by atoms with Gasteiger partial charge in [0.25, 0.3) is 0 Å². The third-order valence-corrected chi connectivity index (χ3v) is 3.77. The van der Waals surface area contributed by atoms with Crippen molar-refractivity contribution in [1.29, 1.82) is 0 Å². The number of benzene rings is 1. The highest BCUT2D eigenvalue weighted by molar-refractivity contribution is 5.85. The number of hydrogen-bond donors (Lipinski definition) is 1. The molecule has 1 fully saturated rings. The Hall–Kier alpha value is -1.63. The van der Waals surface area contributed by atoms with Gasteiger partial charge in [-0.25, -0.2) is 0 Å². The monoisotopic (exact) mass is 339 g/mol. The molecule has 1 saturated heterocycles. The number of hydrogen-bond acceptors (Lipinski definition) is 6. The standard InChI is InChI=1S/C16H21N3O3.ClH/c1-20-14-4-2-3-13(7-14)10-21-11-15-18-16(22-19-15)8-12-5-6-17-9-12;/h2-4,7,12,17H,5-6,8-11H2,1H3;1H. The van der Waals surface area contributed by atoms with Crippen molar-refractivity contribution in [3.05, 3.63) is 41.5 Å². The highest BCUT2D eigenvalue weighted by Gasteiger charge is 2.18. The zero-order chi connectivity index (χ0) is 15.2. The van der Waals surface area contributed by atoms with Gasteiger partial charge in [0.15, 0.2) is 5.82 Å². The van der Waals surface area contributed by atoms with Crippen molar-refractivity contribution in [2.24, 2.45) is 5.92 Å². The van der Waals surface area contributed by atoms with E-state index in [-0.39, 0.29) is 12.4 Å². The van der Waals surface area contributed by atoms with Crippen LogP contribution in [0.2, 0.25) is 0 Å². The van der Waals surface area contributed by atoms with Crippen LogP contribution in [0.5, 0.6) is 5.75 Å². The minimum Gasteiger partial charge on any atom is -0.497 e. The molecule has 1 aliphatic heterocycles. The van der Waals surface area contributed by atoms with Crippen LogP contribution in [0, 0.1) is 5.92 Å². The fourth-order valence-corrected chi connectivity index (χ4v) is 2.59. The maximum atomic E-state index is 5.64. The molecule has 0 saturated carbocycles. The zero-order valence-electron chi connectivity index (χ0n) is 13.2. The molecular formula is C16H22ClN3O3. The third kappa shape index (κ3) is 5.20. The lowest BCUT2D eigenvalue weighted by Crippen LogP contribution is -2.10. The summed E-state index contributed by atoms with van der Waals surface area (Å²) in [5.41, 5.74) is 1.06. The average Bonchev–Trinajstić information content (AvgIpc) is 3.20. The normalized spacial score (nSPS) is 17.0.